The molecule has 0 N–H and O–H groups in total. The number of rotatable bonds is 2. The first kappa shape index (κ1) is 10.7. The SMILES string of the molecule is C[C@@H]1C[C@H](CCI)OC(C)(C)O1. The van der Waals surface area contributed by atoms with Crippen molar-refractivity contribution in [1.82, 2.24) is 0 Å². The molecule has 0 aliphatic carbocycles. The molecule has 3 heteroatoms. The zero-order chi connectivity index (χ0) is 9.19. The first-order valence-corrected chi connectivity index (χ1v) is 5.97. The maximum Gasteiger partial charge on any atom is 0.163 e. The molecule has 0 saturated carbocycles. The summed E-state index contributed by atoms with van der Waals surface area (Å²) in [5, 5.41) is 0. The van der Waals surface area contributed by atoms with Crippen LogP contribution in [0.3, 0.4) is 0 Å². The highest BCUT2D eigenvalue weighted by Gasteiger charge is 2.32. The summed E-state index contributed by atoms with van der Waals surface area (Å²) in [5.41, 5.74) is 0. The fourth-order valence-corrected chi connectivity index (χ4v) is 2.37. The van der Waals surface area contributed by atoms with E-state index in [1.54, 1.807) is 0 Å². The quantitative estimate of drug-likeness (QED) is 0.573. The molecule has 1 aliphatic heterocycles. The fraction of sp³-hybridized carbons (Fsp3) is 1.00. The minimum absolute atomic E-state index is 0.335. The molecule has 2 atom stereocenters. The van der Waals surface area contributed by atoms with Gasteiger partial charge in [0.25, 0.3) is 0 Å². The molecule has 0 radical (unpaired) electrons. The van der Waals surface area contributed by atoms with E-state index in [1.165, 1.54) is 0 Å². The van der Waals surface area contributed by atoms with Gasteiger partial charge in [0.2, 0.25) is 0 Å². The lowest BCUT2D eigenvalue weighted by Crippen LogP contribution is -2.43. The number of hydrogen-bond acceptors (Lipinski definition) is 2. The molecule has 1 heterocycles. The highest BCUT2D eigenvalue weighted by molar-refractivity contribution is 14.1. The Bertz CT molecular complexity index is 147. The molecule has 0 unspecified atom stereocenters. The van der Waals surface area contributed by atoms with Crippen LogP contribution in [0.2, 0.25) is 0 Å². The van der Waals surface area contributed by atoms with Crippen molar-refractivity contribution >= 4 is 22.6 Å². The molecule has 2 nitrogen and oxygen atoms in total. The largest absolute Gasteiger partial charge is 0.347 e. The van der Waals surface area contributed by atoms with Gasteiger partial charge in [-0.25, -0.2) is 0 Å². The highest BCUT2D eigenvalue weighted by Crippen LogP contribution is 2.28. The van der Waals surface area contributed by atoms with Crippen LogP contribution in [0.1, 0.15) is 33.6 Å². The van der Waals surface area contributed by atoms with E-state index >= 15 is 0 Å². The monoisotopic (exact) mass is 284 g/mol. The topological polar surface area (TPSA) is 18.5 Å². The van der Waals surface area contributed by atoms with Gasteiger partial charge in [-0.05, 0) is 33.6 Å². The average molecular weight is 284 g/mol. The number of ether oxygens (including phenoxy) is 2. The van der Waals surface area contributed by atoms with E-state index in [1.807, 2.05) is 13.8 Å². The van der Waals surface area contributed by atoms with Crippen LogP contribution in [0, 0.1) is 0 Å². The van der Waals surface area contributed by atoms with Crippen molar-refractivity contribution in [1.29, 1.82) is 0 Å². The van der Waals surface area contributed by atoms with E-state index in [2.05, 4.69) is 29.5 Å². The van der Waals surface area contributed by atoms with Crippen molar-refractivity contribution in [3.63, 3.8) is 0 Å². The average Bonchev–Trinajstić information content (AvgIpc) is 1.82. The third-order valence-electron chi connectivity index (χ3n) is 1.96. The molecule has 0 amide bonds. The molecule has 0 aromatic rings. The fourth-order valence-electron chi connectivity index (χ4n) is 1.68. The second-order valence-corrected chi connectivity index (χ2v) is 4.86. The van der Waals surface area contributed by atoms with E-state index in [0.29, 0.717) is 12.2 Å². The Morgan fingerprint density at radius 3 is 2.58 bits per heavy atom. The van der Waals surface area contributed by atoms with Gasteiger partial charge in [0, 0.05) is 4.43 Å². The first-order chi connectivity index (χ1) is 5.53. The molecule has 0 aromatic heterocycles. The van der Waals surface area contributed by atoms with Gasteiger partial charge in [0.1, 0.15) is 0 Å². The Labute approximate surface area is 88.1 Å². The van der Waals surface area contributed by atoms with E-state index in [-0.39, 0.29) is 5.79 Å². The number of alkyl halides is 1. The van der Waals surface area contributed by atoms with Gasteiger partial charge in [-0.1, -0.05) is 22.6 Å². The van der Waals surface area contributed by atoms with Crippen molar-refractivity contribution in [2.24, 2.45) is 0 Å². The van der Waals surface area contributed by atoms with Gasteiger partial charge in [-0.2, -0.15) is 0 Å². The maximum atomic E-state index is 5.76. The van der Waals surface area contributed by atoms with Gasteiger partial charge in [0.15, 0.2) is 5.79 Å². The third-order valence-corrected chi connectivity index (χ3v) is 2.58. The van der Waals surface area contributed by atoms with Crippen molar-refractivity contribution in [2.75, 3.05) is 4.43 Å². The summed E-state index contributed by atoms with van der Waals surface area (Å²) in [5.74, 6) is -0.381. The van der Waals surface area contributed by atoms with Crippen molar-refractivity contribution in [2.45, 2.75) is 51.6 Å². The predicted molar refractivity (Wildman–Crippen MR) is 57.6 cm³/mol. The van der Waals surface area contributed by atoms with Crippen LogP contribution in [0.15, 0.2) is 0 Å². The van der Waals surface area contributed by atoms with Crippen LogP contribution in [-0.2, 0) is 9.47 Å². The molecule has 12 heavy (non-hydrogen) atoms. The number of hydrogen-bond donors (Lipinski definition) is 0. The third kappa shape index (κ3) is 3.18. The molecule has 0 bridgehead atoms. The van der Waals surface area contributed by atoms with Crippen LogP contribution >= 0.6 is 22.6 Å². The van der Waals surface area contributed by atoms with Crippen LogP contribution < -0.4 is 0 Å². The second kappa shape index (κ2) is 4.24. The zero-order valence-corrected chi connectivity index (χ0v) is 10.1. The Morgan fingerprint density at radius 2 is 2.08 bits per heavy atom. The summed E-state index contributed by atoms with van der Waals surface area (Å²) in [6.07, 6.45) is 2.90. The summed E-state index contributed by atoms with van der Waals surface area (Å²) in [4.78, 5) is 0. The Hall–Kier alpha value is 0.650. The van der Waals surface area contributed by atoms with Crippen molar-refractivity contribution < 1.29 is 9.47 Å². The lowest BCUT2D eigenvalue weighted by atomic mass is 10.1. The molecular weight excluding hydrogens is 267 g/mol. The first-order valence-electron chi connectivity index (χ1n) is 4.45. The van der Waals surface area contributed by atoms with E-state index in [4.69, 9.17) is 9.47 Å². The van der Waals surface area contributed by atoms with Crippen LogP contribution in [0.4, 0.5) is 0 Å². The summed E-state index contributed by atoms with van der Waals surface area (Å²) >= 11 is 2.39. The van der Waals surface area contributed by atoms with E-state index in [9.17, 15) is 0 Å². The Kier molecular flexibility index (Phi) is 3.79. The molecule has 1 aliphatic rings. The predicted octanol–water partition coefficient (Wildman–Crippen LogP) is 2.74. The maximum absolute atomic E-state index is 5.76. The molecule has 72 valence electrons. The lowest BCUT2D eigenvalue weighted by molar-refractivity contribution is -0.295. The van der Waals surface area contributed by atoms with Crippen molar-refractivity contribution in [3.8, 4) is 0 Å². The molecule has 1 saturated heterocycles. The van der Waals surface area contributed by atoms with Gasteiger partial charge in [-0.15, -0.1) is 0 Å². The van der Waals surface area contributed by atoms with Crippen molar-refractivity contribution in [3.05, 3.63) is 0 Å². The lowest BCUT2D eigenvalue weighted by Gasteiger charge is -2.39. The minimum atomic E-state index is -0.381. The Morgan fingerprint density at radius 1 is 1.42 bits per heavy atom. The molecule has 0 aromatic carbocycles. The molecule has 0 spiro atoms. The summed E-state index contributed by atoms with van der Waals surface area (Å²) in [7, 11) is 0. The smallest absolute Gasteiger partial charge is 0.163 e. The molecular formula is C9H17IO2. The second-order valence-electron chi connectivity index (χ2n) is 3.78. The molecule has 1 fully saturated rings. The van der Waals surface area contributed by atoms with Gasteiger partial charge in [-0.3, -0.25) is 0 Å². The van der Waals surface area contributed by atoms with Crippen LogP contribution in [0.25, 0.3) is 0 Å². The van der Waals surface area contributed by atoms with E-state index < -0.39 is 0 Å². The van der Waals surface area contributed by atoms with Gasteiger partial charge in [0.05, 0.1) is 12.2 Å². The normalized spacial score (nSPS) is 35.0. The van der Waals surface area contributed by atoms with Crippen LogP contribution in [0.5, 0.6) is 0 Å². The van der Waals surface area contributed by atoms with Crippen LogP contribution in [-0.4, -0.2) is 22.4 Å². The summed E-state index contributed by atoms with van der Waals surface area (Å²) < 4.78 is 12.5. The standard InChI is InChI=1S/C9H17IO2/c1-7-6-8(4-5-10)12-9(2,3)11-7/h7-8H,4-6H2,1-3H3/t7-,8+/m1/s1. The van der Waals surface area contributed by atoms with Gasteiger partial charge >= 0.3 is 0 Å². The zero-order valence-electron chi connectivity index (χ0n) is 7.97. The molecule has 1 rings (SSSR count). The van der Waals surface area contributed by atoms with Gasteiger partial charge < -0.3 is 9.47 Å². The minimum Gasteiger partial charge on any atom is -0.347 e. The summed E-state index contributed by atoms with van der Waals surface area (Å²) in [6, 6.07) is 0. The van der Waals surface area contributed by atoms with E-state index in [0.717, 1.165) is 17.3 Å². The summed E-state index contributed by atoms with van der Waals surface area (Å²) in [6.45, 7) is 6.09. The number of halogens is 1. The highest BCUT2D eigenvalue weighted by atomic mass is 127. The Balaban J connectivity index is 2.46.